The molecule has 0 fully saturated rings. The van der Waals surface area contributed by atoms with E-state index in [1.165, 1.54) is 24.3 Å². The molecular formula is C16H15F2. The molecule has 0 saturated heterocycles. The summed E-state index contributed by atoms with van der Waals surface area (Å²) >= 11 is 0. The summed E-state index contributed by atoms with van der Waals surface area (Å²) in [5.74, 6) is -0.232. The van der Waals surface area contributed by atoms with Crippen molar-refractivity contribution < 1.29 is 8.78 Å². The SMILES string of the molecule is C[CH]C(Cc1ccc(F)cc1)c1ccc(F)cc1. The van der Waals surface area contributed by atoms with Crippen molar-refractivity contribution in [1.29, 1.82) is 0 Å². The van der Waals surface area contributed by atoms with Gasteiger partial charge in [0.25, 0.3) is 0 Å². The maximum Gasteiger partial charge on any atom is 0.123 e. The third-order valence-corrected chi connectivity index (χ3v) is 3.07. The van der Waals surface area contributed by atoms with E-state index in [4.69, 9.17) is 0 Å². The van der Waals surface area contributed by atoms with Crippen LogP contribution in [0.15, 0.2) is 48.5 Å². The zero-order valence-corrected chi connectivity index (χ0v) is 10.2. The van der Waals surface area contributed by atoms with E-state index in [1.807, 2.05) is 6.92 Å². The Morgan fingerprint density at radius 3 is 1.89 bits per heavy atom. The maximum absolute atomic E-state index is 12.9. The fourth-order valence-corrected chi connectivity index (χ4v) is 2.01. The highest BCUT2D eigenvalue weighted by Gasteiger charge is 2.10. The molecule has 0 aliphatic heterocycles. The van der Waals surface area contributed by atoms with Crippen molar-refractivity contribution in [3.63, 3.8) is 0 Å². The van der Waals surface area contributed by atoms with Crippen LogP contribution in [0, 0.1) is 18.1 Å². The van der Waals surface area contributed by atoms with E-state index in [1.54, 1.807) is 24.3 Å². The summed E-state index contributed by atoms with van der Waals surface area (Å²) in [4.78, 5) is 0. The van der Waals surface area contributed by atoms with Crippen LogP contribution in [0.2, 0.25) is 0 Å². The summed E-state index contributed by atoms with van der Waals surface area (Å²) in [5, 5.41) is 0. The van der Waals surface area contributed by atoms with E-state index in [0.717, 1.165) is 17.5 Å². The first-order valence-corrected chi connectivity index (χ1v) is 5.98. The van der Waals surface area contributed by atoms with Crippen molar-refractivity contribution in [1.82, 2.24) is 0 Å². The predicted octanol–water partition coefficient (Wildman–Crippen LogP) is 4.52. The van der Waals surface area contributed by atoms with Crippen LogP contribution in [-0.2, 0) is 6.42 Å². The Bertz CT molecular complexity index is 486. The van der Waals surface area contributed by atoms with E-state index in [2.05, 4.69) is 6.42 Å². The summed E-state index contributed by atoms with van der Waals surface area (Å²) in [5.41, 5.74) is 2.15. The number of benzene rings is 2. The number of hydrogen-bond donors (Lipinski definition) is 0. The Labute approximate surface area is 106 Å². The van der Waals surface area contributed by atoms with Gasteiger partial charge in [-0.25, -0.2) is 8.78 Å². The van der Waals surface area contributed by atoms with E-state index in [-0.39, 0.29) is 17.6 Å². The quantitative estimate of drug-likeness (QED) is 0.743. The first-order chi connectivity index (χ1) is 8.69. The van der Waals surface area contributed by atoms with Crippen molar-refractivity contribution in [3.05, 3.63) is 77.7 Å². The van der Waals surface area contributed by atoms with Crippen LogP contribution in [0.5, 0.6) is 0 Å². The largest absolute Gasteiger partial charge is 0.207 e. The summed E-state index contributed by atoms with van der Waals surface area (Å²) in [6.45, 7) is 1.98. The van der Waals surface area contributed by atoms with Gasteiger partial charge in [0.1, 0.15) is 11.6 Å². The van der Waals surface area contributed by atoms with Crippen LogP contribution in [0.25, 0.3) is 0 Å². The number of hydrogen-bond acceptors (Lipinski definition) is 0. The molecule has 0 aliphatic rings. The van der Waals surface area contributed by atoms with Crippen molar-refractivity contribution in [2.45, 2.75) is 19.3 Å². The zero-order chi connectivity index (χ0) is 13.0. The lowest BCUT2D eigenvalue weighted by Crippen LogP contribution is -2.02. The van der Waals surface area contributed by atoms with Gasteiger partial charge in [0.2, 0.25) is 0 Å². The second kappa shape index (κ2) is 5.76. The molecule has 0 bridgehead atoms. The normalized spacial score (nSPS) is 12.4. The van der Waals surface area contributed by atoms with Gasteiger partial charge < -0.3 is 0 Å². The summed E-state index contributed by atoms with van der Waals surface area (Å²) in [7, 11) is 0. The highest BCUT2D eigenvalue weighted by atomic mass is 19.1. The van der Waals surface area contributed by atoms with Crippen molar-refractivity contribution in [2.75, 3.05) is 0 Å². The Morgan fingerprint density at radius 2 is 1.39 bits per heavy atom. The highest BCUT2D eigenvalue weighted by molar-refractivity contribution is 5.27. The fourth-order valence-electron chi connectivity index (χ4n) is 2.01. The second-order valence-electron chi connectivity index (χ2n) is 4.32. The van der Waals surface area contributed by atoms with E-state index < -0.39 is 0 Å². The molecule has 2 rings (SSSR count). The van der Waals surface area contributed by atoms with Gasteiger partial charge in [-0.15, -0.1) is 0 Å². The lowest BCUT2D eigenvalue weighted by molar-refractivity contribution is 0.624. The monoisotopic (exact) mass is 245 g/mol. The topological polar surface area (TPSA) is 0 Å². The van der Waals surface area contributed by atoms with Crippen molar-refractivity contribution in [3.8, 4) is 0 Å². The average Bonchev–Trinajstić information content (AvgIpc) is 2.39. The third-order valence-electron chi connectivity index (χ3n) is 3.07. The third kappa shape index (κ3) is 3.16. The van der Waals surface area contributed by atoms with Crippen LogP contribution in [0.3, 0.4) is 0 Å². The van der Waals surface area contributed by atoms with Crippen LogP contribution >= 0.6 is 0 Å². The molecule has 1 radical (unpaired) electrons. The molecule has 2 aromatic carbocycles. The molecule has 0 nitrogen and oxygen atoms in total. The fraction of sp³-hybridized carbons (Fsp3) is 0.188. The van der Waals surface area contributed by atoms with Crippen molar-refractivity contribution >= 4 is 0 Å². The van der Waals surface area contributed by atoms with E-state index >= 15 is 0 Å². The molecule has 0 N–H and O–H groups in total. The van der Waals surface area contributed by atoms with Crippen LogP contribution in [0.1, 0.15) is 24.0 Å². The molecule has 0 amide bonds. The Hall–Kier alpha value is -1.70. The molecular weight excluding hydrogens is 230 g/mol. The van der Waals surface area contributed by atoms with Gasteiger partial charge in [0.05, 0.1) is 0 Å². The lowest BCUT2D eigenvalue weighted by atomic mass is 9.90. The van der Waals surface area contributed by atoms with Gasteiger partial charge in [-0.05, 0) is 54.2 Å². The predicted molar refractivity (Wildman–Crippen MR) is 69.2 cm³/mol. The highest BCUT2D eigenvalue weighted by Crippen LogP contribution is 2.23. The summed E-state index contributed by atoms with van der Waals surface area (Å²) in [6, 6.07) is 13.0. The minimum atomic E-state index is -0.226. The van der Waals surface area contributed by atoms with Gasteiger partial charge in [0.15, 0.2) is 0 Å². The lowest BCUT2D eigenvalue weighted by Gasteiger charge is -2.15. The Kier molecular flexibility index (Phi) is 4.08. The van der Waals surface area contributed by atoms with Gasteiger partial charge in [-0.2, -0.15) is 0 Å². The van der Waals surface area contributed by atoms with Crippen LogP contribution < -0.4 is 0 Å². The van der Waals surface area contributed by atoms with Gasteiger partial charge in [-0.3, -0.25) is 0 Å². The first-order valence-electron chi connectivity index (χ1n) is 5.98. The first kappa shape index (κ1) is 12.7. The van der Waals surface area contributed by atoms with Crippen molar-refractivity contribution in [2.24, 2.45) is 0 Å². The molecule has 1 atom stereocenters. The second-order valence-corrected chi connectivity index (χ2v) is 4.32. The Morgan fingerprint density at radius 1 is 0.889 bits per heavy atom. The standard InChI is InChI=1S/C16H15F2/c1-2-13(14-5-9-16(18)10-6-14)11-12-3-7-15(17)8-4-12/h2-10,13H,11H2,1H3. The van der Waals surface area contributed by atoms with Crippen LogP contribution in [0.4, 0.5) is 8.78 Å². The summed E-state index contributed by atoms with van der Waals surface area (Å²) in [6.07, 6.45) is 2.87. The van der Waals surface area contributed by atoms with Crippen LogP contribution in [-0.4, -0.2) is 0 Å². The molecule has 0 aliphatic carbocycles. The molecule has 0 saturated carbocycles. The van der Waals surface area contributed by atoms with E-state index in [9.17, 15) is 8.78 Å². The number of halogens is 2. The Balaban J connectivity index is 2.14. The minimum Gasteiger partial charge on any atom is -0.207 e. The smallest absolute Gasteiger partial charge is 0.123 e. The molecule has 0 spiro atoms. The molecule has 0 heterocycles. The molecule has 18 heavy (non-hydrogen) atoms. The van der Waals surface area contributed by atoms with Gasteiger partial charge in [0, 0.05) is 0 Å². The number of rotatable bonds is 4. The van der Waals surface area contributed by atoms with Gasteiger partial charge >= 0.3 is 0 Å². The van der Waals surface area contributed by atoms with E-state index in [0.29, 0.717) is 0 Å². The molecule has 1 unspecified atom stereocenters. The molecule has 2 aromatic rings. The van der Waals surface area contributed by atoms with Gasteiger partial charge in [-0.1, -0.05) is 31.2 Å². The maximum atomic E-state index is 12.9. The zero-order valence-electron chi connectivity index (χ0n) is 10.2. The molecule has 2 heteroatoms. The molecule has 93 valence electrons. The minimum absolute atomic E-state index is 0.219. The average molecular weight is 245 g/mol. The molecule has 0 aromatic heterocycles. The summed E-state index contributed by atoms with van der Waals surface area (Å²) < 4.78 is 25.7.